The average molecular weight is 499 g/mol. The summed E-state index contributed by atoms with van der Waals surface area (Å²) in [7, 11) is -4.56. The average Bonchev–Trinajstić information content (AvgIpc) is 2.80. The molecule has 0 aromatic carbocycles. The molecule has 0 aliphatic heterocycles. The van der Waals surface area contributed by atoms with Crippen LogP contribution in [-0.2, 0) is 32.7 Å². The molecule has 0 saturated carbocycles. The molecule has 0 bridgehead atoms. The van der Waals surface area contributed by atoms with E-state index in [1.165, 1.54) is 38.5 Å². The second kappa shape index (κ2) is 20.4. The predicted molar refractivity (Wildman–Crippen MR) is 122 cm³/mol. The molecule has 0 amide bonds. The second-order valence-electron chi connectivity index (χ2n) is 7.98. The highest BCUT2D eigenvalue weighted by Gasteiger charge is 2.26. The van der Waals surface area contributed by atoms with Crippen molar-refractivity contribution in [1.29, 1.82) is 0 Å². The van der Waals surface area contributed by atoms with Crippen LogP contribution in [-0.4, -0.2) is 65.7 Å². The Morgan fingerprint density at radius 1 is 0.818 bits per heavy atom. The van der Waals surface area contributed by atoms with Gasteiger partial charge in [0.05, 0.1) is 19.8 Å². The van der Waals surface area contributed by atoms with Crippen LogP contribution in [0.15, 0.2) is 0 Å². The van der Waals surface area contributed by atoms with Crippen LogP contribution in [0, 0.1) is 0 Å². The number of esters is 2. The molecule has 33 heavy (non-hydrogen) atoms. The lowest BCUT2D eigenvalue weighted by Gasteiger charge is -2.20. The van der Waals surface area contributed by atoms with Crippen LogP contribution in [0.25, 0.3) is 0 Å². The highest BCUT2D eigenvalue weighted by molar-refractivity contribution is 7.47. The fourth-order valence-electron chi connectivity index (χ4n) is 2.85. The van der Waals surface area contributed by atoms with E-state index in [0.717, 1.165) is 19.3 Å². The summed E-state index contributed by atoms with van der Waals surface area (Å²) < 4.78 is 31.3. The number of unbranched alkanes of at least 4 members (excludes halogenated alkanes) is 9. The molecule has 0 radical (unpaired) electrons. The first kappa shape index (κ1) is 32.0. The van der Waals surface area contributed by atoms with Crippen LogP contribution < -0.4 is 0 Å². The number of hydrogen-bond acceptors (Lipinski definition) is 9. The first-order chi connectivity index (χ1) is 15.7. The highest BCUT2D eigenvalue weighted by Crippen LogP contribution is 2.43. The molecular weight excluding hydrogens is 455 g/mol. The van der Waals surface area contributed by atoms with Gasteiger partial charge in [0, 0.05) is 12.8 Å². The number of phosphoric acid groups is 1. The van der Waals surface area contributed by atoms with Crippen LogP contribution in [0.2, 0.25) is 0 Å². The summed E-state index contributed by atoms with van der Waals surface area (Å²) >= 11 is 0. The lowest BCUT2D eigenvalue weighted by atomic mass is 10.1. The zero-order valence-electron chi connectivity index (χ0n) is 20.1. The number of phosphoric ester groups is 1. The maximum Gasteiger partial charge on any atom is 0.472 e. The van der Waals surface area contributed by atoms with E-state index in [9.17, 15) is 24.2 Å². The van der Waals surface area contributed by atoms with Gasteiger partial charge in [-0.2, -0.15) is 0 Å². The van der Waals surface area contributed by atoms with Gasteiger partial charge in [-0.1, -0.05) is 71.6 Å². The van der Waals surface area contributed by atoms with Gasteiger partial charge in [-0.15, -0.1) is 0 Å². The largest absolute Gasteiger partial charge is 0.472 e. The van der Waals surface area contributed by atoms with Crippen molar-refractivity contribution in [1.82, 2.24) is 0 Å². The maximum atomic E-state index is 12.0. The van der Waals surface area contributed by atoms with Crippen molar-refractivity contribution in [2.24, 2.45) is 0 Å². The molecule has 0 saturated heterocycles. The van der Waals surface area contributed by atoms with Gasteiger partial charge in [-0.05, 0) is 6.42 Å². The van der Waals surface area contributed by atoms with Crippen LogP contribution >= 0.6 is 7.82 Å². The second-order valence-corrected chi connectivity index (χ2v) is 9.43. The monoisotopic (exact) mass is 498 g/mol. The van der Waals surface area contributed by atoms with Gasteiger partial charge >= 0.3 is 19.8 Å². The lowest BCUT2D eigenvalue weighted by Crippen LogP contribution is -2.29. The van der Waals surface area contributed by atoms with Crippen LogP contribution in [0.4, 0.5) is 0 Å². The zero-order valence-corrected chi connectivity index (χ0v) is 21.0. The van der Waals surface area contributed by atoms with Crippen LogP contribution in [0.3, 0.4) is 0 Å². The number of carbonyl (C=O) groups excluding carboxylic acids is 2. The Bertz CT molecular complexity index is 557. The lowest BCUT2D eigenvalue weighted by molar-refractivity contribution is -0.161. The molecule has 0 spiro atoms. The van der Waals surface area contributed by atoms with Crippen molar-refractivity contribution in [3.8, 4) is 0 Å². The van der Waals surface area contributed by atoms with E-state index in [1.54, 1.807) is 6.92 Å². The molecule has 0 aromatic heterocycles. The molecule has 11 heteroatoms. The van der Waals surface area contributed by atoms with Gasteiger partial charge in [0.15, 0.2) is 6.10 Å². The minimum atomic E-state index is -4.56. The molecule has 0 aliphatic carbocycles. The van der Waals surface area contributed by atoms with Gasteiger partial charge in [0.25, 0.3) is 0 Å². The fraction of sp³-hybridized carbons (Fsp3) is 0.909. The topological polar surface area (TPSA) is 149 Å². The molecular formula is C22H43O10P. The first-order valence-electron chi connectivity index (χ1n) is 12.0. The highest BCUT2D eigenvalue weighted by atomic mass is 31.2. The summed E-state index contributed by atoms with van der Waals surface area (Å²) in [5, 5.41) is 17.9. The molecule has 0 fully saturated rings. The van der Waals surface area contributed by atoms with Crippen molar-refractivity contribution >= 4 is 19.8 Å². The first-order valence-corrected chi connectivity index (χ1v) is 13.5. The molecule has 0 rings (SSSR count). The number of rotatable bonds is 22. The minimum absolute atomic E-state index is 0.0685. The third-order valence-corrected chi connectivity index (χ3v) is 5.77. The Balaban J connectivity index is 4.15. The van der Waals surface area contributed by atoms with Gasteiger partial charge < -0.3 is 24.6 Å². The molecule has 3 atom stereocenters. The molecule has 0 heterocycles. The van der Waals surface area contributed by atoms with Crippen molar-refractivity contribution in [2.75, 3.05) is 26.4 Å². The fourth-order valence-corrected chi connectivity index (χ4v) is 3.64. The van der Waals surface area contributed by atoms with E-state index >= 15 is 0 Å². The van der Waals surface area contributed by atoms with E-state index < -0.39 is 51.8 Å². The van der Waals surface area contributed by atoms with Crippen molar-refractivity contribution < 1.29 is 47.8 Å². The summed E-state index contributed by atoms with van der Waals surface area (Å²) in [5.74, 6) is -1.03. The number of ether oxygens (including phenoxy) is 2. The van der Waals surface area contributed by atoms with Crippen LogP contribution in [0.5, 0.6) is 0 Å². The summed E-state index contributed by atoms with van der Waals surface area (Å²) in [4.78, 5) is 33.1. The predicted octanol–water partition coefficient (Wildman–Crippen LogP) is 3.65. The van der Waals surface area contributed by atoms with E-state index in [0.29, 0.717) is 6.42 Å². The molecule has 196 valence electrons. The standard InChI is InChI=1S/C22H43O10P/c1-3-5-6-7-8-9-10-11-12-13-14-22(26)29-17-20(32-21(25)4-2)18-31-33(27,28)30-16-19(24)15-23/h19-20,23-24H,3-18H2,1-2H3,(H,27,28)/t19-,20+/m0/s1. The number of hydrogen-bond donors (Lipinski definition) is 3. The Morgan fingerprint density at radius 3 is 1.91 bits per heavy atom. The Morgan fingerprint density at radius 2 is 1.36 bits per heavy atom. The zero-order chi connectivity index (χ0) is 25.0. The van der Waals surface area contributed by atoms with Gasteiger partial charge in [0.2, 0.25) is 0 Å². The maximum absolute atomic E-state index is 12.0. The van der Waals surface area contributed by atoms with E-state index in [4.69, 9.17) is 19.1 Å². The van der Waals surface area contributed by atoms with Crippen LogP contribution in [0.1, 0.15) is 90.9 Å². The Labute approximate surface area is 197 Å². The van der Waals surface area contributed by atoms with Crippen molar-refractivity contribution in [3.63, 3.8) is 0 Å². The summed E-state index contributed by atoms with van der Waals surface area (Å²) in [6, 6.07) is 0. The van der Waals surface area contributed by atoms with Gasteiger partial charge in [-0.3, -0.25) is 18.6 Å². The number of aliphatic hydroxyl groups is 2. The van der Waals surface area contributed by atoms with Crippen molar-refractivity contribution in [2.45, 2.75) is 103 Å². The quantitative estimate of drug-likeness (QED) is 0.115. The van der Waals surface area contributed by atoms with E-state index in [2.05, 4.69) is 11.4 Å². The molecule has 1 unspecified atom stereocenters. The molecule has 3 N–H and O–H groups in total. The van der Waals surface area contributed by atoms with E-state index in [-0.39, 0.29) is 19.4 Å². The molecule has 0 aliphatic rings. The molecule has 0 aromatic rings. The third-order valence-electron chi connectivity index (χ3n) is 4.82. The Kier molecular flexibility index (Phi) is 19.7. The SMILES string of the molecule is CCCCCCCCCCCCC(=O)OC[C@H](COP(=O)(O)OC[C@@H](O)CO)OC(=O)CC. The van der Waals surface area contributed by atoms with Gasteiger partial charge in [0.1, 0.15) is 12.7 Å². The van der Waals surface area contributed by atoms with Crippen molar-refractivity contribution in [3.05, 3.63) is 0 Å². The smallest absolute Gasteiger partial charge is 0.462 e. The third kappa shape index (κ3) is 20.1. The van der Waals surface area contributed by atoms with E-state index in [1.807, 2.05) is 0 Å². The number of carbonyl (C=O) groups is 2. The molecule has 10 nitrogen and oxygen atoms in total. The Hall–Kier alpha value is -1.03. The summed E-state index contributed by atoms with van der Waals surface area (Å²) in [6.07, 6.45) is 9.38. The summed E-state index contributed by atoms with van der Waals surface area (Å²) in [6.45, 7) is 1.66. The minimum Gasteiger partial charge on any atom is -0.462 e. The normalized spacial score (nSPS) is 14.9. The van der Waals surface area contributed by atoms with Gasteiger partial charge in [-0.25, -0.2) is 4.57 Å². The number of aliphatic hydroxyl groups excluding tert-OH is 2. The summed E-state index contributed by atoms with van der Waals surface area (Å²) in [5.41, 5.74) is 0.